The van der Waals surface area contributed by atoms with Crippen LogP contribution in [0.4, 0.5) is 11.4 Å². The second-order valence-corrected chi connectivity index (χ2v) is 15.3. The highest BCUT2D eigenvalue weighted by atomic mass is 16.5. The molecule has 2 N–H and O–H groups in total. The Balaban J connectivity index is 0.759. The number of carbonyl (C=O) groups excluding carboxylic acids is 3. The molecule has 3 fully saturated rings. The Labute approximate surface area is 322 Å². The van der Waals surface area contributed by atoms with Gasteiger partial charge < -0.3 is 29.2 Å². The number of hydrogen-bond donors (Lipinski definition) is 2. The van der Waals surface area contributed by atoms with Crippen molar-refractivity contribution >= 4 is 40.0 Å². The number of piperidine rings is 2. The zero-order chi connectivity index (χ0) is 38.1. The molecule has 0 radical (unpaired) electrons. The summed E-state index contributed by atoms with van der Waals surface area (Å²) in [6.45, 7) is 9.72. The van der Waals surface area contributed by atoms with Crippen LogP contribution in [0.2, 0.25) is 0 Å². The fourth-order valence-electron chi connectivity index (χ4n) is 8.90. The molecule has 1 unspecified atom stereocenters. The molecule has 3 aromatic carbocycles. The monoisotopic (exact) mass is 743 g/mol. The maximum absolute atomic E-state index is 13.4. The Kier molecular flexibility index (Phi) is 10.4. The molecule has 5 heterocycles. The van der Waals surface area contributed by atoms with Crippen molar-refractivity contribution < 1.29 is 23.9 Å². The summed E-state index contributed by atoms with van der Waals surface area (Å²) in [6.07, 6.45) is 6.62. The van der Waals surface area contributed by atoms with Crippen molar-refractivity contribution in [3.05, 3.63) is 82.5 Å². The second kappa shape index (κ2) is 15.7. The maximum atomic E-state index is 13.4. The van der Waals surface area contributed by atoms with Gasteiger partial charge >= 0.3 is 0 Å². The molecule has 55 heavy (non-hydrogen) atoms. The third kappa shape index (κ3) is 7.33. The van der Waals surface area contributed by atoms with E-state index in [2.05, 4.69) is 80.5 Å². The largest absolute Gasteiger partial charge is 0.496 e. The lowest BCUT2D eigenvalue weighted by atomic mass is 9.89. The summed E-state index contributed by atoms with van der Waals surface area (Å²) in [5.74, 6) is 1.05. The number of fused-ring (bicyclic) bond motifs is 2. The van der Waals surface area contributed by atoms with E-state index in [-0.39, 0.29) is 18.2 Å². The number of methoxy groups -OCH3 is 1. The molecule has 4 aliphatic heterocycles. The number of carbonyl (C=O) groups is 3. The molecule has 0 saturated carbocycles. The predicted molar refractivity (Wildman–Crippen MR) is 211 cm³/mol. The lowest BCUT2D eigenvalue weighted by Crippen LogP contribution is -2.52. The zero-order valence-electron chi connectivity index (χ0n) is 31.7. The van der Waals surface area contributed by atoms with Crippen molar-refractivity contribution in [1.29, 1.82) is 5.26 Å². The van der Waals surface area contributed by atoms with Crippen LogP contribution in [0.15, 0.2) is 54.7 Å². The van der Waals surface area contributed by atoms with E-state index >= 15 is 0 Å². The van der Waals surface area contributed by atoms with Gasteiger partial charge in [0, 0.05) is 75.6 Å². The minimum Gasteiger partial charge on any atom is -0.496 e. The molecule has 1 aromatic heterocycles. The van der Waals surface area contributed by atoms with E-state index in [0.29, 0.717) is 42.4 Å². The first-order valence-electron chi connectivity index (χ1n) is 19.6. The van der Waals surface area contributed by atoms with Gasteiger partial charge in [0.1, 0.15) is 23.6 Å². The van der Waals surface area contributed by atoms with E-state index < -0.39 is 11.9 Å². The molecule has 0 bridgehead atoms. The Bertz CT molecular complexity index is 2120. The molecule has 0 spiro atoms. The molecule has 4 aliphatic rings. The number of aromatic amines is 1. The number of H-pyrrole nitrogens is 1. The van der Waals surface area contributed by atoms with Crippen LogP contribution in [0, 0.1) is 18.3 Å². The number of rotatable bonds is 11. The average molecular weight is 744 g/mol. The van der Waals surface area contributed by atoms with Crippen molar-refractivity contribution in [2.45, 2.75) is 64.0 Å². The van der Waals surface area contributed by atoms with Crippen LogP contribution in [0.25, 0.3) is 10.9 Å². The van der Waals surface area contributed by atoms with Crippen LogP contribution in [0.5, 0.6) is 11.5 Å². The van der Waals surface area contributed by atoms with Gasteiger partial charge in [-0.05, 0) is 92.4 Å². The summed E-state index contributed by atoms with van der Waals surface area (Å²) in [6, 6.07) is 18.7. The van der Waals surface area contributed by atoms with Gasteiger partial charge in [0.15, 0.2) is 0 Å². The number of piperazine rings is 1. The van der Waals surface area contributed by atoms with E-state index in [4.69, 9.17) is 9.47 Å². The van der Waals surface area contributed by atoms with Crippen LogP contribution in [-0.2, 0) is 16.1 Å². The van der Waals surface area contributed by atoms with Gasteiger partial charge in [-0.2, -0.15) is 5.26 Å². The standard InChI is InChI=1S/C43H49N7O5/c1-28-5-10-35(41-39(28)32(25-44)26-45-41)49-16-13-30(14-17-49)29-6-8-34(9-7-29)55-22-4-3-15-47-18-20-48(21-19-47)33-23-31-27-50(36-11-12-38(51)46-42(36)52)43(53)40(31)37(24-33)54-2/h5-10,23-24,26,30,36,45H,3-4,11-22,27H2,1-2H3,(H,46,51,52). The van der Waals surface area contributed by atoms with Crippen molar-refractivity contribution in [3.63, 3.8) is 0 Å². The Morgan fingerprint density at radius 3 is 2.42 bits per heavy atom. The minimum absolute atomic E-state index is 0.221. The fraction of sp³-hybridized carbons (Fsp3) is 0.442. The van der Waals surface area contributed by atoms with Crippen LogP contribution < -0.4 is 24.6 Å². The topological polar surface area (TPSA) is 134 Å². The second-order valence-electron chi connectivity index (χ2n) is 15.3. The summed E-state index contributed by atoms with van der Waals surface area (Å²) in [5, 5.41) is 13.0. The summed E-state index contributed by atoms with van der Waals surface area (Å²) in [4.78, 5) is 49.8. The highest BCUT2D eigenvalue weighted by Crippen LogP contribution is 2.38. The molecule has 1 atom stereocenters. The first-order chi connectivity index (χ1) is 26.8. The highest BCUT2D eigenvalue weighted by molar-refractivity contribution is 6.07. The molecule has 12 heteroatoms. The molecule has 12 nitrogen and oxygen atoms in total. The zero-order valence-corrected chi connectivity index (χ0v) is 31.7. The van der Waals surface area contributed by atoms with Crippen molar-refractivity contribution in [1.82, 2.24) is 20.1 Å². The number of nitrogens with one attached hydrogen (secondary N) is 2. The van der Waals surface area contributed by atoms with Gasteiger partial charge in [0.25, 0.3) is 5.91 Å². The first kappa shape index (κ1) is 36.4. The van der Waals surface area contributed by atoms with Crippen LogP contribution in [-0.4, -0.2) is 98.1 Å². The predicted octanol–water partition coefficient (Wildman–Crippen LogP) is 5.48. The molecular weight excluding hydrogens is 695 g/mol. The van der Waals surface area contributed by atoms with Gasteiger partial charge in [-0.1, -0.05) is 18.2 Å². The number of ether oxygens (including phenoxy) is 2. The molecule has 4 aromatic rings. The Morgan fingerprint density at radius 1 is 0.909 bits per heavy atom. The summed E-state index contributed by atoms with van der Waals surface area (Å²) in [7, 11) is 1.57. The smallest absolute Gasteiger partial charge is 0.258 e. The van der Waals surface area contributed by atoms with Gasteiger partial charge in [0.05, 0.1) is 36.0 Å². The number of nitrogens with zero attached hydrogens (tertiary/aromatic N) is 5. The van der Waals surface area contributed by atoms with Crippen molar-refractivity contribution in [2.75, 3.05) is 69.3 Å². The Hall–Kier alpha value is -5.54. The van der Waals surface area contributed by atoms with Crippen LogP contribution >= 0.6 is 0 Å². The molecule has 3 amide bonds. The number of anilines is 2. The number of nitriles is 1. The van der Waals surface area contributed by atoms with E-state index in [1.54, 1.807) is 12.0 Å². The summed E-state index contributed by atoms with van der Waals surface area (Å²) in [5.41, 5.74) is 7.85. The molecular formula is C43H49N7O5. The number of unbranched alkanes of at least 4 members (excludes halogenated alkanes) is 1. The van der Waals surface area contributed by atoms with Gasteiger partial charge in [-0.15, -0.1) is 0 Å². The van der Waals surface area contributed by atoms with Gasteiger partial charge in [-0.3, -0.25) is 24.6 Å². The molecule has 3 saturated heterocycles. The third-order valence-electron chi connectivity index (χ3n) is 12.0. The SMILES string of the molecule is COc1cc(N2CCN(CCCCOc3ccc(C4CCN(c5ccc(C)c6c(C#N)c[nH]c56)CC4)cc3)CC2)cc2c1C(=O)N(C1CCC(=O)NC1=O)C2. The number of benzene rings is 3. The van der Waals surface area contributed by atoms with Crippen molar-refractivity contribution in [3.8, 4) is 17.6 Å². The number of imide groups is 1. The summed E-state index contributed by atoms with van der Waals surface area (Å²) >= 11 is 0. The van der Waals surface area contributed by atoms with E-state index in [9.17, 15) is 19.6 Å². The first-order valence-corrected chi connectivity index (χ1v) is 19.6. The van der Waals surface area contributed by atoms with Crippen molar-refractivity contribution in [2.24, 2.45) is 0 Å². The summed E-state index contributed by atoms with van der Waals surface area (Å²) < 4.78 is 11.8. The van der Waals surface area contributed by atoms with E-state index in [0.717, 1.165) is 105 Å². The van der Waals surface area contributed by atoms with Crippen LogP contribution in [0.3, 0.4) is 0 Å². The van der Waals surface area contributed by atoms with E-state index in [1.807, 2.05) is 12.3 Å². The quantitative estimate of drug-likeness (QED) is 0.151. The van der Waals surface area contributed by atoms with E-state index in [1.165, 1.54) is 11.3 Å². The Morgan fingerprint density at radius 2 is 1.69 bits per heavy atom. The normalized spacial score (nSPS) is 19.5. The minimum atomic E-state index is -0.649. The maximum Gasteiger partial charge on any atom is 0.258 e. The molecule has 0 aliphatic carbocycles. The number of amides is 3. The van der Waals surface area contributed by atoms with Gasteiger partial charge in [0.2, 0.25) is 11.8 Å². The fourth-order valence-corrected chi connectivity index (χ4v) is 8.90. The number of aryl methyl sites for hydroxylation is 1. The molecule has 286 valence electrons. The lowest BCUT2D eigenvalue weighted by Gasteiger charge is -2.36. The average Bonchev–Trinajstić information content (AvgIpc) is 3.80. The van der Waals surface area contributed by atoms with Crippen LogP contribution in [0.1, 0.15) is 77.1 Å². The third-order valence-corrected chi connectivity index (χ3v) is 12.0. The number of aromatic nitrogens is 1. The molecule has 8 rings (SSSR count). The lowest BCUT2D eigenvalue weighted by molar-refractivity contribution is -0.136. The highest BCUT2D eigenvalue weighted by Gasteiger charge is 2.41. The number of hydrogen-bond acceptors (Lipinski definition) is 9. The van der Waals surface area contributed by atoms with Gasteiger partial charge in [-0.25, -0.2) is 0 Å².